The highest BCUT2D eigenvalue weighted by Gasteiger charge is 2.42. The maximum absolute atomic E-state index is 14.1. The zero-order valence-corrected chi connectivity index (χ0v) is 22.2. The number of aliphatic hydroxyl groups is 1. The number of hydrogen-bond acceptors (Lipinski definition) is 3. The summed E-state index contributed by atoms with van der Waals surface area (Å²) in [5.41, 5.74) is -0.592. The van der Waals surface area contributed by atoms with Gasteiger partial charge in [0.1, 0.15) is 5.82 Å². The minimum Gasteiger partial charge on any atom is -0.385 e. The summed E-state index contributed by atoms with van der Waals surface area (Å²) in [4.78, 5) is 15.1. The number of alkyl halides is 2. The van der Waals surface area contributed by atoms with Gasteiger partial charge in [-0.05, 0) is 81.5 Å². The lowest BCUT2D eigenvalue weighted by Gasteiger charge is -2.43. The van der Waals surface area contributed by atoms with Crippen molar-refractivity contribution in [1.82, 2.24) is 15.5 Å². The molecule has 0 bridgehead atoms. The minimum atomic E-state index is -2.56. The Bertz CT molecular complexity index is 887. The molecule has 0 radical (unpaired) electrons. The quantitative estimate of drug-likeness (QED) is 0.343. The van der Waals surface area contributed by atoms with Crippen molar-refractivity contribution in [2.24, 2.45) is 17.8 Å². The van der Waals surface area contributed by atoms with Gasteiger partial charge in [0.2, 0.25) is 5.92 Å². The predicted molar refractivity (Wildman–Crippen MR) is 139 cm³/mol. The largest absolute Gasteiger partial charge is 0.385 e. The van der Waals surface area contributed by atoms with Gasteiger partial charge in [-0.2, -0.15) is 0 Å². The number of hydrogen-bond donors (Lipinski definition) is 3. The summed E-state index contributed by atoms with van der Waals surface area (Å²) >= 11 is 0. The highest BCUT2D eigenvalue weighted by molar-refractivity contribution is 5.74. The smallest absolute Gasteiger partial charge is 0.317 e. The van der Waals surface area contributed by atoms with Gasteiger partial charge >= 0.3 is 6.03 Å². The fourth-order valence-corrected chi connectivity index (χ4v) is 6.40. The summed E-state index contributed by atoms with van der Waals surface area (Å²) < 4.78 is 41.3. The summed E-state index contributed by atoms with van der Waals surface area (Å²) in [5, 5.41) is 18.3. The molecule has 1 aromatic carbocycles. The zero-order valence-electron chi connectivity index (χ0n) is 22.2. The molecule has 3 atom stereocenters. The van der Waals surface area contributed by atoms with Crippen molar-refractivity contribution in [3.05, 3.63) is 35.6 Å². The van der Waals surface area contributed by atoms with Crippen LogP contribution in [0.4, 0.5) is 18.0 Å². The first kappa shape index (κ1) is 28.2. The van der Waals surface area contributed by atoms with E-state index in [9.17, 15) is 23.1 Å². The highest BCUT2D eigenvalue weighted by Crippen LogP contribution is 2.42. The number of benzene rings is 1. The molecule has 3 aliphatic rings. The van der Waals surface area contributed by atoms with Crippen LogP contribution in [-0.2, 0) is 5.60 Å². The lowest BCUT2D eigenvalue weighted by atomic mass is 9.74. The van der Waals surface area contributed by atoms with Crippen molar-refractivity contribution >= 4 is 6.03 Å². The molecule has 208 valence electrons. The third-order valence-corrected chi connectivity index (χ3v) is 8.81. The number of nitrogens with one attached hydrogen (secondary N) is 2. The number of amides is 2. The predicted octanol–water partition coefficient (Wildman–Crippen LogP) is 5.82. The van der Waals surface area contributed by atoms with Crippen LogP contribution >= 0.6 is 0 Å². The van der Waals surface area contributed by atoms with Crippen LogP contribution in [0.1, 0.15) is 82.6 Å². The van der Waals surface area contributed by atoms with Crippen LogP contribution in [0, 0.1) is 23.6 Å². The first-order valence-electron chi connectivity index (χ1n) is 14.2. The van der Waals surface area contributed by atoms with E-state index in [0.29, 0.717) is 50.9 Å². The molecule has 1 aliphatic heterocycles. The molecule has 3 fully saturated rings. The van der Waals surface area contributed by atoms with E-state index in [0.717, 1.165) is 31.6 Å². The van der Waals surface area contributed by atoms with E-state index in [1.54, 1.807) is 17.0 Å². The zero-order chi connectivity index (χ0) is 26.5. The molecule has 2 saturated carbocycles. The van der Waals surface area contributed by atoms with E-state index in [-0.39, 0.29) is 42.6 Å². The Morgan fingerprint density at radius 2 is 1.95 bits per heavy atom. The van der Waals surface area contributed by atoms with Crippen LogP contribution in [0.5, 0.6) is 0 Å². The molecule has 0 aromatic heterocycles. The molecule has 2 amide bonds. The van der Waals surface area contributed by atoms with Crippen LogP contribution < -0.4 is 10.6 Å². The van der Waals surface area contributed by atoms with Gasteiger partial charge in [-0.1, -0.05) is 31.4 Å². The van der Waals surface area contributed by atoms with Crippen molar-refractivity contribution < 1.29 is 23.1 Å². The SMILES string of the molecule is CNC[C@H](CC1CCC(F)(F)CC1)NC(=O)N1CCC[C@@H](C(O)(CCCC2CC2)c2cccc(F)c2)C1. The number of halogens is 3. The number of piperidine rings is 1. The maximum Gasteiger partial charge on any atom is 0.317 e. The Hall–Kier alpha value is -1.80. The number of carbonyl (C=O) groups excluding carboxylic acids is 1. The number of urea groups is 1. The first-order chi connectivity index (χ1) is 17.7. The second-order valence-corrected chi connectivity index (χ2v) is 11.8. The fraction of sp³-hybridized carbons (Fsp3) is 0.759. The van der Waals surface area contributed by atoms with Crippen LogP contribution in [0.15, 0.2) is 24.3 Å². The standard InChI is InChI=1S/C29H44F3N3O2/c1-33-19-26(17-22-11-14-28(31,32)15-12-22)34-27(36)35-16-4-7-24(20-35)29(37,13-3-5-21-9-10-21)23-6-2-8-25(30)18-23/h2,6,8,18,21-22,24,26,33,37H,3-5,7,9-17,19-20H2,1H3,(H,34,36)/t24-,26+,29?/m1/s1. The van der Waals surface area contributed by atoms with Crippen LogP contribution in [0.3, 0.4) is 0 Å². The maximum atomic E-state index is 14.1. The molecule has 0 spiro atoms. The van der Waals surface area contributed by atoms with Crippen molar-refractivity contribution in [3.8, 4) is 0 Å². The monoisotopic (exact) mass is 523 g/mol. The van der Waals surface area contributed by atoms with Crippen molar-refractivity contribution in [3.63, 3.8) is 0 Å². The summed E-state index contributed by atoms with van der Waals surface area (Å²) in [6, 6.07) is 5.96. The average Bonchev–Trinajstić information content (AvgIpc) is 3.70. The molecule has 4 rings (SSSR count). The molecular formula is C29H44F3N3O2. The summed E-state index contributed by atoms with van der Waals surface area (Å²) in [5.74, 6) is -2.17. The highest BCUT2D eigenvalue weighted by atomic mass is 19.3. The van der Waals surface area contributed by atoms with Crippen LogP contribution in [-0.4, -0.2) is 54.7 Å². The first-order valence-corrected chi connectivity index (χ1v) is 14.2. The molecule has 1 heterocycles. The fourth-order valence-electron chi connectivity index (χ4n) is 6.40. The van der Waals surface area contributed by atoms with Crippen LogP contribution in [0.25, 0.3) is 0 Å². The second kappa shape index (κ2) is 12.4. The topological polar surface area (TPSA) is 64.6 Å². The van der Waals surface area contributed by atoms with Crippen molar-refractivity contribution in [2.45, 2.75) is 94.6 Å². The summed E-state index contributed by atoms with van der Waals surface area (Å²) in [6.07, 6.45) is 8.06. The molecule has 1 aromatic rings. The van der Waals surface area contributed by atoms with E-state index in [1.165, 1.54) is 25.0 Å². The van der Waals surface area contributed by atoms with Gasteiger partial charge in [0, 0.05) is 44.4 Å². The third-order valence-electron chi connectivity index (χ3n) is 8.81. The Labute approximate surface area is 219 Å². The lowest BCUT2D eigenvalue weighted by Crippen LogP contribution is -2.54. The molecule has 1 saturated heterocycles. The molecule has 8 heteroatoms. The number of likely N-dealkylation sites (tertiary alicyclic amines) is 1. The summed E-state index contributed by atoms with van der Waals surface area (Å²) in [7, 11) is 1.83. The summed E-state index contributed by atoms with van der Waals surface area (Å²) in [6.45, 7) is 1.58. The molecule has 2 aliphatic carbocycles. The normalized spacial score (nSPS) is 24.9. The number of nitrogens with zero attached hydrogens (tertiary/aromatic N) is 1. The second-order valence-electron chi connectivity index (χ2n) is 11.8. The van der Waals surface area contributed by atoms with Gasteiger partial charge in [-0.25, -0.2) is 18.0 Å². The molecule has 5 nitrogen and oxygen atoms in total. The Morgan fingerprint density at radius 1 is 1.19 bits per heavy atom. The molecular weight excluding hydrogens is 479 g/mol. The van der Waals surface area contributed by atoms with Crippen molar-refractivity contribution in [2.75, 3.05) is 26.7 Å². The van der Waals surface area contributed by atoms with Gasteiger partial charge < -0.3 is 20.6 Å². The number of likely N-dealkylation sites (N-methyl/N-ethyl adjacent to an activating group) is 1. The molecule has 1 unspecified atom stereocenters. The van der Waals surface area contributed by atoms with Gasteiger partial charge in [0.25, 0.3) is 0 Å². The van der Waals surface area contributed by atoms with Crippen molar-refractivity contribution in [1.29, 1.82) is 0 Å². The number of rotatable bonds is 11. The van der Waals surface area contributed by atoms with Crippen LogP contribution in [0.2, 0.25) is 0 Å². The Morgan fingerprint density at radius 3 is 2.62 bits per heavy atom. The van der Waals surface area contributed by atoms with E-state index in [2.05, 4.69) is 10.6 Å². The molecule has 3 N–H and O–H groups in total. The van der Waals surface area contributed by atoms with E-state index < -0.39 is 11.5 Å². The van der Waals surface area contributed by atoms with E-state index in [1.807, 2.05) is 7.05 Å². The van der Waals surface area contributed by atoms with Gasteiger partial charge in [0.15, 0.2) is 0 Å². The molecule has 37 heavy (non-hydrogen) atoms. The Balaban J connectivity index is 1.39. The van der Waals surface area contributed by atoms with Gasteiger partial charge in [-0.15, -0.1) is 0 Å². The van der Waals surface area contributed by atoms with E-state index in [4.69, 9.17) is 0 Å². The van der Waals surface area contributed by atoms with Gasteiger partial charge in [-0.3, -0.25) is 0 Å². The van der Waals surface area contributed by atoms with E-state index >= 15 is 0 Å². The lowest BCUT2D eigenvalue weighted by molar-refractivity contribution is -0.0563. The van der Waals surface area contributed by atoms with Gasteiger partial charge in [0.05, 0.1) is 5.60 Å². The Kier molecular flexibility index (Phi) is 9.43. The number of carbonyl (C=O) groups is 1. The average molecular weight is 524 g/mol. The third kappa shape index (κ3) is 7.85. The minimum absolute atomic E-state index is 0.0783.